The van der Waals surface area contributed by atoms with Gasteiger partial charge in [0.15, 0.2) is 0 Å². The van der Waals surface area contributed by atoms with Gasteiger partial charge in [0.25, 0.3) is 0 Å². The smallest absolute Gasteiger partial charge is 0.314 e. The predicted octanol–water partition coefficient (Wildman–Crippen LogP) is 1.81. The van der Waals surface area contributed by atoms with E-state index in [2.05, 4.69) is 10.6 Å². The summed E-state index contributed by atoms with van der Waals surface area (Å²) in [7, 11) is 0. The summed E-state index contributed by atoms with van der Waals surface area (Å²) in [6, 6.07) is 1.52. The molecule has 0 saturated heterocycles. The summed E-state index contributed by atoms with van der Waals surface area (Å²) >= 11 is 0. The molecule has 1 heterocycles. The van der Waals surface area contributed by atoms with Crippen LogP contribution in [-0.2, 0) is 5.60 Å². The molecule has 1 aromatic heterocycles. The van der Waals surface area contributed by atoms with Crippen LogP contribution in [0.2, 0.25) is 0 Å². The highest BCUT2D eigenvalue weighted by atomic mass is 16.3. The van der Waals surface area contributed by atoms with Crippen molar-refractivity contribution in [2.75, 3.05) is 13.1 Å². The van der Waals surface area contributed by atoms with Gasteiger partial charge in [0.05, 0.1) is 6.54 Å². The van der Waals surface area contributed by atoms with Gasteiger partial charge in [0.1, 0.15) is 17.1 Å². The summed E-state index contributed by atoms with van der Waals surface area (Å²) in [5.41, 5.74) is -0.429. The molecular formula is C13H22N2O3. The van der Waals surface area contributed by atoms with Crippen LogP contribution in [0, 0.1) is 13.8 Å². The van der Waals surface area contributed by atoms with Crippen molar-refractivity contribution >= 4 is 6.03 Å². The lowest BCUT2D eigenvalue weighted by atomic mass is 9.96. The Kier molecular flexibility index (Phi) is 4.78. The van der Waals surface area contributed by atoms with Crippen molar-refractivity contribution in [2.45, 2.75) is 39.7 Å². The van der Waals surface area contributed by atoms with E-state index in [1.54, 1.807) is 19.9 Å². The molecule has 102 valence electrons. The van der Waals surface area contributed by atoms with Crippen LogP contribution in [0.4, 0.5) is 4.79 Å². The summed E-state index contributed by atoms with van der Waals surface area (Å²) in [5.74, 6) is 1.42. The number of nitrogens with one attached hydrogen (secondary N) is 2. The standard InChI is InChI=1S/C13H22N2O3/c1-5-6-14-12(16)15-8-13(4,17)11-7-9(2)18-10(11)3/h7,17H,5-6,8H2,1-4H3,(H2,14,15,16). The number of aliphatic hydroxyl groups is 1. The first-order chi connectivity index (χ1) is 8.36. The van der Waals surface area contributed by atoms with Gasteiger partial charge < -0.3 is 20.2 Å². The molecule has 5 nitrogen and oxygen atoms in total. The van der Waals surface area contributed by atoms with E-state index < -0.39 is 5.60 Å². The molecule has 18 heavy (non-hydrogen) atoms. The summed E-state index contributed by atoms with van der Waals surface area (Å²) < 4.78 is 5.38. The van der Waals surface area contributed by atoms with Crippen molar-refractivity contribution in [2.24, 2.45) is 0 Å². The molecule has 1 rings (SSSR count). The van der Waals surface area contributed by atoms with Crippen LogP contribution < -0.4 is 10.6 Å². The molecule has 0 radical (unpaired) electrons. The lowest BCUT2D eigenvalue weighted by molar-refractivity contribution is 0.0579. The highest BCUT2D eigenvalue weighted by molar-refractivity contribution is 5.73. The quantitative estimate of drug-likeness (QED) is 0.750. The number of furan rings is 1. The largest absolute Gasteiger partial charge is 0.466 e. The molecule has 0 bridgehead atoms. The fraction of sp³-hybridized carbons (Fsp3) is 0.615. The second-order valence-corrected chi connectivity index (χ2v) is 4.71. The molecule has 1 atom stereocenters. The van der Waals surface area contributed by atoms with E-state index in [1.807, 2.05) is 13.8 Å². The van der Waals surface area contributed by atoms with Crippen LogP contribution in [0.5, 0.6) is 0 Å². The van der Waals surface area contributed by atoms with Gasteiger partial charge in [-0.3, -0.25) is 0 Å². The lowest BCUT2D eigenvalue weighted by Gasteiger charge is -2.23. The van der Waals surface area contributed by atoms with Gasteiger partial charge in [0, 0.05) is 12.1 Å². The minimum Gasteiger partial charge on any atom is -0.466 e. The number of hydrogen-bond donors (Lipinski definition) is 3. The average molecular weight is 254 g/mol. The number of rotatable bonds is 5. The number of amides is 2. The van der Waals surface area contributed by atoms with Crippen molar-refractivity contribution in [3.05, 3.63) is 23.2 Å². The Morgan fingerprint density at radius 1 is 1.44 bits per heavy atom. The summed E-state index contributed by atoms with van der Waals surface area (Å²) in [4.78, 5) is 11.4. The summed E-state index contributed by atoms with van der Waals surface area (Å²) in [6.07, 6.45) is 0.879. The molecule has 3 N–H and O–H groups in total. The second-order valence-electron chi connectivity index (χ2n) is 4.71. The molecule has 1 unspecified atom stereocenters. The molecule has 0 saturated carbocycles. The maximum absolute atomic E-state index is 11.4. The van der Waals surface area contributed by atoms with E-state index in [0.29, 0.717) is 17.9 Å². The van der Waals surface area contributed by atoms with Crippen LogP contribution in [0.3, 0.4) is 0 Å². The second kappa shape index (κ2) is 5.91. The minimum absolute atomic E-state index is 0.141. The fourth-order valence-corrected chi connectivity index (χ4v) is 1.81. The van der Waals surface area contributed by atoms with Gasteiger partial charge in [-0.2, -0.15) is 0 Å². The molecule has 0 aliphatic carbocycles. The van der Waals surface area contributed by atoms with E-state index in [-0.39, 0.29) is 12.6 Å². The highest BCUT2D eigenvalue weighted by Gasteiger charge is 2.28. The topological polar surface area (TPSA) is 74.5 Å². The molecule has 0 aromatic carbocycles. The predicted molar refractivity (Wildman–Crippen MR) is 69.4 cm³/mol. The van der Waals surface area contributed by atoms with Gasteiger partial charge in [-0.25, -0.2) is 4.79 Å². The third-order valence-electron chi connectivity index (χ3n) is 2.75. The Hall–Kier alpha value is -1.49. The van der Waals surface area contributed by atoms with E-state index in [1.165, 1.54) is 0 Å². The van der Waals surface area contributed by atoms with E-state index in [4.69, 9.17) is 4.42 Å². The average Bonchev–Trinajstić information content (AvgIpc) is 2.64. The molecule has 0 fully saturated rings. The number of carbonyl (C=O) groups is 1. The highest BCUT2D eigenvalue weighted by Crippen LogP contribution is 2.26. The molecule has 0 spiro atoms. The number of urea groups is 1. The van der Waals surface area contributed by atoms with E-state index >= 15 is 0 Å². The van der Waals surface area contributed by atoms with Crippen molar-refractivity contribution in [1.82, 2.24) is 10.6 Å². The monoisotopic (exact) mass is 254 g/mol. The molecule has 0 aliphatic rings. The van der Waals surface area contributed by atoms with Crippen LogP contribution in [0.25, 0.3) is 0 Å². The van der Waals surface area contributed by atoms with Crippen molar-refractivity contribution in [3.63, 3.8) is 0 Å². The van der Waals surface area contributed by atoms with Gasteiger partial charge >= 0.3 is 6.03 Å². The van der Waals surface area contributed by atoms with Crippen LogP contribution in [-0.4, -0.2) is 24.2 Å². The third kappa shape index (κ3) is 3.77. The Morgan fingerprint density at radius 2 is 2.11 bits per heavy atom. The zero-order valence-electron chi connectivity index (χ0n) is 11.5. The maximum Gasteiger partial charge on any atom is 0.314 e. The SMILES string of the molecule is CCCNC(=O)NCC(C)(O)c1cc(C)oc1C. The van der Waals surface area contributed by atoms with Crippen molar-refractivity contribution < 1.29 is 14.3 Å². The molecule has 1 aromatic rings. The van der Waals surface area contributed by atoms with Crippen LogP contribution in [0.15, 0.2) is 10.5 Å². The van der Waals surface area contributed by atoms with Gasteiger partial charge in [-0.15, -0.1) is 0 Å². The third-order valence-corrected chi connectivity index (χ3v) is 2.75. The van der Waals surface area contributed by atoms with Gasteiger partial charge in [0.2, 0.25) is 0 Å². The first kappa shape index (κ1) is 14.6. The maximum atomic E-state index is 11.4. The Labute approximate surface area is 108 Å². The van der Waals surface area contributed by atoms with Gasteiger partial charge in [-0.05, 0) is 33.3 Å². The van der Waals surface area contributed by atoms with Gasteiger partial charge in [-0.1, -0.05) is 6.92 Å². The summed E-state index contributed by atoms with van der Waals surface area (Å²) in [6.45, 7) is 8.03. The molecule has 2 amide bonds. The first-order valence-corrected chi connectivity index (χ1v) is 6.18. The zero-order valence-corrected chi connectivity index (χ0v) is 11.5. The van der Waals surface area contributed by atoms with E-state index in [9.17, 15) is 9.90 Å². The Balaban J connectivity index is 2.59. The lowest BCUT2D eigenvalue weighted by Crippen LogP contribution is -2.43. The van der Waals surface area contributed by atoms with Crippen LogP contribution >= 0.6 is 0 Å². The Bertz CT molecular complexity index is 410. The number of hydrogen-bond acceptors (Lipinski definition) is 3. The molecule has 5 heteroatoms. The van der Waals surface area contributed by atoms with E-state index in [0.717, 1.165) is 12.2 Å². The molecular weight excluding hydrogens is 232 g/mol. The van der Waals surface area contributed by atoms with Crippen molar-refractivity contribution in [3.8, 4) is 0 Å². The molecule has 0 aliphatic heterocycles. The van der Waals surface area contributed by atoms with Crippen LogP contribution in [0.1, 0.15) is 37.4 Å². The fourth-order valence-electron chi connectivity index (χ4n) is 1.81. The zero-order chi connectivity index (χ0) is 13.8. The first-order valence-electron chi connectivity index (χ1n) is 6.18. The van der Waals surface area contributed by atoms with Crippen molar-refractivity contribution in [1.29, 1.82) is 0 Å². The number of aryl methyl sites for hydroxylation is 2. The number of carbonyl (C=O) groups excluding carboxylic acids is 1. The Morgan fingerprint density at radius 3 is 2.61 bits per heavy atom. The normalized spacial score (nSPS) is 14.1. The minimum atomic E-state index is -1.13. The summed E-state index contributed by atoms with van der Waals surface area (Å²) in [5, 5.41) is 15.7.